The summed E-state index contributed by atoms with van der Waals surface area (Å²) in [7, 11) is 0. The number of fused-ring (bicyclic) bond motifs is 1. The minimum atomic E-state index is -1.62. The van der Waals surface area contributed by atoms with E-state index in [0.717, 1.165) is 16.8 Å². The van der Waals surface area contributed by atoms with Gasteiger partial charge in [-0.1, -0.05) is 0 Å². The predicted molar refractivity (Wildman–Crippen MR) is 137 cm³/mol. The van der Waals surface area contributed by atoms with Crippen molar-refractivity contribution in [1.29, 1.82) is 0 Å². The molecule has 2 unspecified atom stereocenters. The summed E-state index contributed by atoms with van der Waals surface area (Å²) in [6.07, 6.45) is -3.10. The summed E-state index contributed by atoms with van der Waals surface area (Å²) in [5.41, 5.74) is 0.635. The number of ether oxygens (including phenoxy) is 1. The zero-order chi connectivity index (χ0) is 29.2. The highest BCUT2D eigenvalue weighted by atomic mass is 32.1. The molecule has 5 atom stereocenters. The first-order chi connectivity index (χ1) is 19.6. The van der Waals surface area contributed by atoms with Crippen molar-refractivity contribution in [1.82, 2.24) is 29.5 Å². The Hall–Kier alpha value is -3.76. The summed E-state index contributed by atoms with van der Waals surface area (Å²) in [5.74, 6) is -4.78. The van der Waals surface area contributed by atoms with Crippen LogP contribution in [0.4, 0.5) is 17.6 Å². The Labute approximate surface area is 233 Å². The first kappa shape index (κ1) is 27.4. The molecule has 15 heteroatoms. The van der Waals surface area contributed by atoms with Crippen LogP contribution in [-0.2, 0) is 4.74 Å². The van der Waals surface area contributed by atoms with Gasteiger partial charge in [-0.2, -0.15) is 10.2 Å². The van der Waals surface area contributed by atoms with Gasteiger partial charge in [-0.25, -0.2) is 32.2 Å². The van der Waals surface area contributed by atoms with Gasteiger partial charge in [0.25, 0.3) is 0 Å². The lowest BCUT2D eigenvalue weighted by atomic mass is 9.92. The van der Waals surface area contributed by atoms with E-state index in [2.05, 4.69) is 20.2 Å². The SMILES string of the molecule is Cc1nc([C@@H]2OC(CO)[C@H](O)C(n3cc(-c4cc(F)c(F)c(F)c4)cn3)[C@@H]2O)n(-c2ccc3nc(C)sc3c2F)n1. The number of halogens is 4. The van der Waals surface area contributed by atoms with Crippen molar-refractivity contribution in [2.75, 3.05) is 6.61 Å². The molecule has 1 aliphatic rings. The normalized spacial score (nSPS) is 23.0. The van der Waals surface area contributed by atoms with Crippen molar-refractivity contribution in [2.24, 2.45) is 0 Å². The second-order valence-electron chi connectivity index (χ2n) is 9.62. The lowest BCUT2D eigenvalue weighted by Crippen LogP contribution is -2.53. The van der Waals surface area contributed by atoms with Crippen LogP contribution in [0, 0.1) is 37.1 Å². The van der Waals surface area contributed by atoms with E-state index in [1.165, 1.54) is 34.5 Å². The van der Waals surface area contributed by atoms with E-state index >= 15 is 4.39 Å². The van der Waals surface area contributed by atoms with E-state index in [1.54, 1.807) is 19.9 Å². The fourth-order valence-electron chi connectivity index (χ4n) is 5.02. The highest BCUT2D eigenvalue weighted by Crippen LogP contribution is 2.39. The van der Waals surface area contributed by atoms with Gasteiger partial charge in [0.2, 0.25) is 0 Å². The number of rotatable bonds is 5. The molecule has 0 aliphatic carbocycles. The van der Waals surface area contributed by atoms with Gasteiger partial charge in [0, 0.05) is 11.8 Å². The number of hydrogen-bond acceptors (Lipinski definition) is 9. The number of aromatic nitrogens is 6. The highest BCUT2D eigenvalue weighted by Gasteiger charge is 2.48. The molecule has 3 aromatic heterocycles. The fourth-order valence-corrected chi connectivity index (χ4v) is 5.87. The van der Waals surface area contributed by atoms with Crippen molar-refractivity contribution < 1.29 is 37.6 Å². The van der Waals surface area contributed by atoms with Crippen LogP contribution in [0.25, 0.3) is 27.0 Å². The zero-order valence-electron chi connectivity index (χ0n) is 21.4. The minimum absolute atomic E-state index is 0.0000986. The van der Waals surface area contributed by atoms with Gasteiger partial charge in [-0.3, -0.25) is 4.68 Å². The molecule has 10 nitrogen and oxygen atoms in total. The molecule has 0 radical (unpaired) electrons. The third-order valence-electron chi connectivity index (χ3n) is 6.92. The van der Waals surface area contributed by atoms with Gasteiger partial charge in [0.05, 0.1) is 28.0 Å². The molecule has 0 saturated carbocycles. The van der Waals surface area contributed by atoms with E-state index < -0.39 is 60.3 Å². The molecule has 1 aliphatic heterocycles. The monoisotopic (exact) mass is 590 g/mol. The number of aliphatic hydroxyl groups is 3. The Balaban J connectivity index is 1.41. The van der Waals surface area contributed by atoms with Gasteiger partial charge in [0.1, 0.15) is 42.0 Å². The van der Waals surface area contributed by atoms with Crippen molar-refractivity contribution >= 4 is 21.6 Å². The molecule has 1 fully saturated rings. The quantitative estimate of drug-likeness (QED) is 0.210. The molecule has 4 heterocycles. The Morgan fingerprint density at radius 2 is 1.71 bits per heavy atom. The molecule has 5 aromatic rings. The molecule has 6 rings (SSSR count). The predicted octanol–water partition coefficient (Wildman–Crippen LogP) is 3.31. The van der Waals surface area contributed by atoms with Gasteiger partial charge in [0.15, 0.2) is 29.1 Å². The first-order valence-electron chi connectivity index (χ1n) is 12.4. The van der Waals surface area contributed by atoms with Crippen LogP contribution in [-0.4, -0.2) is 69.8 Å². The largest absolute Gasteiger partial charge is 0.394 e. The molecule has 0 amide bonds. The maximum Gasteiger partial charge on any atom is 0.194 e. The Morgan fingerprint density at radius 1 is 0.976 bits per heavy atom. The third kappa shape index (κ3) is 4.59. The van der Waals surface area contributed by atoms with E-state index in [9.17, 15) is 28.5 Å². The fraction of sp³-hybridized carbons (Fsp3) is 0.308. The Morgan fingerprint density at radius 3 is 2.41 bits per heavy atom. The van der Waals surface area contributed by atoms with Gasteiger partial charge >= 0.3 is 0 Å². The lowest BCUT2D eigenvalue weighted by molar-refractivity contribution is -0.210. The third-order valence-corrected chi connectivity index (χ3v) is 7.90. The van der Waals surface area contributed by atoms with Crippen molar-refractivity contribution in [3.05, 3.63) is 76.6 Å². The van der Waals surface area contributed by atoms with Gasteiger partial charge < -0.3 is 20.1 Å². The molecule has 0 spiro atoms. The maximum absolute atomic E-state index is 15.6. The first-order valence-corrected chi connectivity index (χ1v) is 13.2. The van der Waals surface area contributed by atoms with Crippen LogP contribution in [0.15, 0.2) is 36.7 Å². The number of aryl methyl sites for hydroxylation is 2. The summed E-state index contributed by atoms with van der Waals surface area (Å²) in [6, 6.07) is 3.43. The van der Waals surface area contributed by atoms with Gasteiger partial charge in [-0.05, 0) is 43.7 Å². The number of thiazole rings is 1. The van der Waals surface area contributed by atoms with E-state index in [0.29, 0.717) is 15.2 Å². The molecular weight excluding hydrogens is 568 g/mol. The van der Waals surface area contributed by atoms with Crippen molar-refractivity contribution in [3.8, 4) is 16.8 Å². The smallest absolute Gasteiger partial charge is 0.194 e. The summed E-state index contributed by atoms with van der Waals surface area (Å²) in [6.45, 7) is 2.67. The average molecular weight is 591 g/mol. The Kier molecular flexibility index (Phi) is 6.86. The molecular formula is C26H22F4N6O4S. The zero-order valence-corrected chi connectivity index (χ0v) is 22.2. The minimum Gasteiger partial charge on any atom is -0.394 e. The molecule has 41 heavy (non-hydrogen) atoms. The average Bonchev–Trinajstić information content (AvgIpc) is 3.66. The van der Waals surface area contributed by atoms with Crippen LogP contribution in [0.1, 0.15) is 28.8 Å². The number of hydrogen-bond donors (Lipinski definition) is 3. The van der Waals surface area contributed by atoms with Crippen LogP contribution in [0.5, 0.6) is 0 Å². The van der Waals surface area contributed by atoms with Crippen LogP contribution >= 0.6 is 11.3 Å². The van der Waals surface area contributed by atoms with E-state index in [1.807, 2.05) is 0 Å². The molecule has 0 bridgehead atoms. The number of nitrogens with zero attached hydrogens (tertiary/aromatic N) is 6. The van der Waals surface area contributed by atoms with Crippen LogP contribution < -0.4 is 0 Å². The summed E-state index contributed by atoms with van der Waals surface area (Å²) >= 11 is 1.17. The molecule has 214 valence electrons. The van der Waals surface area contributed by atoms with Gasteiger partial charge in [-0.15, -0.1) is 11.3 Å². The lowest BCUT2D eigenvalue weighted by Gasteiger charge is -2.41. The summed E-state index contributed by atoms with van der Waals surface area (Å²) < 4.78 is 65.2. The summed E-state index contributed by atoms with van der Waals surface area (Å²) in [5, 5.41) is 41.6. The highest BCUT2D eigenvalue weighted by molar-refractivity contribution is 7.18. The number of benzene rings is 2. The Bertz CT molecular complexity index is 1750. The molecule has 3 N–H and O–H groups in total. The molecule has 1 saturated heterocycles. The molecule has 2 aromatic carbocycles. The second kappa shape index (κ2) is 10.3. The van der Waals surface area contributed by atoms with E-state index in [-0.39, 0.29) is 28.5 Å². The van der Waals surface area contributed by atoms with Crippen molar-refractivity contribution in [2.45, 2.75) is 44.3 Å². The van der Waals surface area contributed by atoms with Crippen LogP contribution in [0.3, 0.4) is 0 Å². The topological polar surface area (TPSA) is 131 Å². The standard InChI is InChI=1S/C26H22F4N6O4S/c1-10-32-26(36(34-10)17-4-3-16-25(20(17)30)41-11(2)33-16)24-23(39)21(22(38)18(9-37)40-24)35-8-13(7-31-35)12-5-14(27)19(29)15(28)6-12/h3-8,18,21-24,37-39H,9H2,1-2H3/t18?,21?,22-,23-,24+/m0/s1. The number of aliphatic hydroxyl groups excluding tert-OH is 3. The summed E-state index contributed by atoms with van der Waals surface area (Å²) in [4.78, 5) is 8.66. The van der Waals surface area contributed by atoms with Crippen LogP contribution in [0.2, 0.25) is 0 Å². The van der Waals surface area contributed by atoms with Crippen molar-refractivity contribution in [3.63, 3.8) is 0 Å². The van der Waals surface area contributed by atoms with E-state index in [4.69, 9.17) is 4.74 Å². The second-order valence-corrected chi connectivity index (χ2v) is 10.8. The maximum atomic E-state index is 15.6.